The third kappa shape index (κ3) is 3.58. The summed E-state index contributed by atoms with van der Waals surface area (Å²) in [6.45, 7) is 0.926. The van der Waals surface area contributed by atoms with Gasteiger partial charge in [0.05, 0.1) is 18.0 Å². The first-order chi connectivity index (χ1) is 10.7. The van der Waals surface area contributed by atoms with Gasteiger partial charge in [-0.05, 0) is 24.3 Å². The first-order valence-corrected chi connectivity index (χ1v) is 8.20. The molecule has 1 aromatic carbocycles. The molecule has 6 nitrogen and oxygen atoms in total. The van der Waals surface area contributed by atoms with Crippen molar-refractivity contribution in [2.75, 3.05) is 37.7 Å². The summed E-state index contributed by atoms with van der Waals surface area (Å²) in [6, 6.07) is 4.24. The van der Waals surface area contributed by atoms with E-state index >= 15 is 0 Å². The minimum absolute atomic E-state index is 0.0192. The van der Waals surface area contributed by atoms with Gasteiger partial charge in [0, 0.05) is 25.3 Å². The third-order valence-corrected chi connectivity index (χ3v) is 5.01. The highest BCUT2D eigenvalue weighted by molar-refractivity contribution is 7.92. The van der Waals surface area contributed by atoms with E-state index in [1.807, 2.05) is 0 Å². The third-order valence-electron chi connectivity index (χ3n) is 3.51. The number of hydrogen-bond acceptors (Lipinski definition) is 5. The molecule has 0 saturated carbocycles. The predicted molar refractivity (Wildman–Crippen MR) is 75.6 cm³/mol. The number of β-amino-alcohol motifs (C(OH)–C–C–N with tert-alkyl or cyclic N) is 1. The van der Waals surface area contributed by atoms with Gasteiger partial charge in [-0.25, -0.2) is 8.42 Å². The van der Waals surface area contributed by atoms with Crippen LogP contribution in [0.2, 0.25) is 0 Å². The molecule has 0 aromatic heterocycles. The summed E-state index contributed by atoms with van der Waals surface area (Å²) in [6.07, 6.45) is 0. The maximum atomic E-state index is 12.5. The molecule has 0 radical (unpaired) electrons. The van der Waals surface area contributed by atoms with Crippen LogP contribution < -0.4 is 4.90 Å². The van der Waals surface area contributed by atoms with Crippen molar-refractivity contribution in [3.8, 4) is 0 Å². The summed E-state index contributed by atoms with van der Waals surface area (Å²) >= 11 is 0. The standard InChI is InChI=1S/C13H15F3N2O4S/c14-13(15,16)23(21,22)11-3-1-10(2-4-11)18-6-5-17(7-8-19)12(20)9-18/h1-4,19H,5-9H2. The Morgan fingerprint density at radius 3 is 2.22 bits per heavy atom. The van der Waals surface area contributed by atoms with Crippen molar-refractivity contribution in [2.24, 2.45) is 0 Å². The number of rotatable bonds is 4. The first-order valence-electron chi connectivity index (χ1n) is 6.72. The maximum Gasteiger partial charge on any atom is 0.501 e. The molecule has 0 atom stereocenters. The average molecular weight is 352 g/mol. The van der Waals surface area contributed by atoms with Crippen molar-refractivity contribution in [2.45, 2.75) is 10.4 Å². The van der Waals surface area contributed by atoms with Crippen LogP contribution in [0.5, 0.6) is 0 Å². The normalized spacial score (nSPS) is 16.8. The number of amides is 1. The number of sulfone groups is 1. The topological polar surface area (TPSA) is 77.9 Å². The number of carbonyl (C=O) groups is 1. The number of nitrogens with zero attached hydrogens (tertiary/aromatic N) is 2. The molecule has 2 rings (SSSR count). The van der Waals surface area contributed by atoms with Gasteiger partial charge in [0.15, 0.2) is 0 Å². The minimum atomic E-state index is -5.37. The Morgan fingerprint density at radius 1 is 1.13 bits per heavy atom. The largest absolute Gasteiger partial charge is 0.501 e. The van der Waals surface area contributed by atoms with E-state index in [1.165, 1.54) is 17.0 Å². The molecule has 1 amide bonds. The highest BCUT2D eigenvalue weighted by atomic mass is 32.2. The lowest BCUT2D eigenvalue weighted by Crippen LogP contribution is -2.51. The van der Waals surface area contributed by atoms with Crippen molar-refractivity contribution in [1.29, 1.82) is 0 Å². The molecule has 0 unspecified atom stereocenters. The maximum absolute atomic E-state index is 12.5. The van der Waals surface area contributed by atoms with Gasteiger partial charge >= 0.3 is 5.51 Å². The van der Waals surface area contributed by atoms with Crippen LogP contribution in [0.3, 0.4) is 0 Å². The van der Waals surface area contributed by atoms with Gasteiger partial charge in [0.25, 0.3) is 9.84 Å². The number of carbonyl (C=O) groups excluding carboxylic acids is 1. The molecule has 23 heavy (non-hydrogen) atoms. The van der Waals surface area contributed by atoms with Crippen molar-refractivity contribution >= 4 is 21.4 Å². The van der Waals surface area contributed by atoms with Gasteiger partial charge in [-0.15, -0.1) is 0 Å². The van der Waals surface area contributed by atoms with Crippen LogP contribution in [0, 0.1) is 0 Å². The van der Waals surface area contributed by atoms with Crippen LogP contribution in [0.1, 0.15) is 0 Å². The molecule has 1 heterocycles. The summed E-state index contributed by atoms with van der Waals surface area (Å²) < 4.78 is 60.0. The molecule has 0 aliphatic carbocycles. The van der Waals surface area contributed by atoms with E-state index in [-0.39, 0.29) is 25.6 Å². The Morgan fingerprint density at radius 2 is 1.74 bits per heavy atom. The van der Waals surface area contributed by atoms with E-state index in [0.29, 0.717) is 18.8 Å². The van der Waals surface area contributed by atoms with E-state index in [0.717, 1.165) is 12.1 Å². The van der Waals surface area contributed by atoms with Crippen molar-refractivity contribution in [1.82, 2.24) is 4.90 Å². The SMILES string of the molecule is O=C1CN(c2ccc(S(=O)(=O)C(F)(F)F)cc2)CCN1CCO. The second-order valence-electron chi connectivity index (χ2n) is 4.97. The van der Waals surface area contributed by atoms with Gasteiger partial charge < -0.3 is 14.9 Å². The van der Waals surface area contributed by atoms with E-state index in [4.69, 9.17) is 5.11 Å². The second-order valence-corrected chi connectivity index (χ2v) is 6.91. The number of piperazine rings is 1. The lowest BCUT2D eigenvalue weighted by molar-refractivity contribution is -0.131. The molecule has 128 valence electrons. The van der Waals surface area contributed by atoms with E-state index < -0.39 is 20.2 Å². The molecule has 10 heteroatoms. The van der Waals surface area contributed by atoms with Crippen LogP contribution in [-0.4, -0.2) is 62.6 Å². The van der Waals surface area contributed by atoms with Gasteiger partial charge in [0.2, 0.25) is 5.91 Å². The number of aliphatic hydroxyl groups is 1. The Bertz CT molecular complexity index is 673. The van der Waals surface area contributed by atoms with Crippen molar-refractivity contribution in [3.05, 3.63) is 24.3 Å². The molecule has 1 saturated heterocycles. The lowest BCUT2D eigenvalue weighted by atomic mass is 10.2. The van der Waals surface area contributed by atoms with Crippen LogP contribution >= 0.6 is 0 Å². The molecule has 1 aliphatic rings. The number of benzene rings is 1. The Balaban J connectivity index is 2.14. The number of halogens is 3. The lowest BCUT2D eigenvalue weighted by Gasteiger charge is -2.35. The number of hydrogen-bond donors (Lipinski definition) is 1. The average Bonchev–Trinajstić information content (AvgIpc) is 2.48. The highest BCUT2D eigenvalue weighted by Gasteiger charge is 2.46. The summed E-state index contributed by atoms with van der Waals surface area (Å²) in [7, 11) is -5.37. The molecular weight excluding hydrogens is 337 g/mol. The highest BCUT2D eigenvalue weighted by Crippen LogP contribution is 2.31. The predicted octanol–water partition coefficient (Wildman–Crippen LogP) is 0.621. The van der Waals surface area contributed by atoms with E-state index in [2.05, 4.69) is 0 Å². The molecule has 1 aliphatic heterocycles. The second kappa shape index (κ2) is 6.36. The number of aliphatic hydroxyl groups excluding tert-OH is 1. The monoisotopic (exact) mass is 352 g/mol. The summed E-state index contributed by atoms with van der Waals surface area (Å²) in [5, 5.41) is 8.84. The number of anilines is 1. The van der Waals surface area contributed by atoms with Crippen LogP contribution in [-0.2, 0) is 14.6 Å². The summed E-state index contributed by atoms with van der Waals surface area (Å²) in [4.78, 5) is 14.1. The molecule has 0 spiro atoms. The Labute approximate surface area is 131 Å². The fourth-order valence-corrected chi connectivity index (χ4v) is 3.02. The van der Waals surface area contributed by atoms with Gasteiger partial charge in [-0.2, -0.15) is 13.2 Å². The molecule has 0 bridgehead atoms. The van der Waals surface area contributed by atoms with Gasteiger partial charge in [0.1, 0.15) is 0 Å². The quantitative estimate of drug-likeness (QED) is 0.860. The van der Waals surface area contributed by atoms with E-state index in [9.17, 15) is 26.4 Å². The Kier molecular flexibility index (Phi) is 4.85. The summed E-state index contributed by atoms with van der Waals surface area (Å²) in [5.74, 6) is -0.211. The summed E-state index contributed by atoms with van der Waals surface area (Å²) in [5.41, 5.74) is -4.89. The van der Waals surface area contributed by atoms with Crippen LogP contribution in [0.4, 0.5) is 18.9 Å². The van der Waals surface area contributed by atoms with Crippen LogP contribution in [0.15, 0.2) is 29.2 Å². The Hall–Kier alpha value is -1.81. The molecular formula is C13H15F3N2O4S. The van der Waals surface area contributed by atoms with Crippen molar-refractivity contribution < 1.29 is 31.5 Å². The van der Waals surface area contributed by atoms with E-state index in [1.54, 1.807) is 4.90 Å². The zero-order valence-corrected chi connectivity index (χ0v) is 12.8. The van der Waals surface area contributed by atoms with Gasteiger partial charge in [-0.1, -0.05) is 0 Å². The smallest absolute Gasteiger partial charge is 0.395 e. The molecule has 1 aromatic rings. The zero-order chi connectivity index (χ0) is 17.3. The first kappa shape index (κ1) is 17.5. The minimum Gasteiger partial charge on any atom is -0.395 e. The zero-order valence-electron chi connectivity index (χ0n) is 12.0. The molecule has 1 fully saturated rings. The molecule has 1 N–H and O–H groups in total. The van der Waals surface area contributed by atoms with Crippen LogP contribution in [0.25, 0.3) is 0 Å². The number of alkyl halides is 3. The van der Waals surface area contributed by atoms with Crippen molar-refractivity contribution in [3.63, 3.8) is 0 Å². The van der Waals surface area contributed by atoms with Gasteiger partial charge in [-0.3, -0.25) is 4.79 Å². The fourth-order valence-electron chi connectivity index (χ4n) is 2.26. The fraction of sp³-hybridized carbons (Fsp3) is 0.462.